The number of rotatable bonds is 4. The molecular weight excluding hydrogens is 254 g/mol. The first-order chi connectivity index (χ1) is 9.67. The highest BCUT2D eigenvalue weighted by Crippen LogP contribution is 2.48. The predicted octanol–water partition coefficient (Wildman–Crippen LogP) is 0.562. The van der Waals surface area contributed by atoms with Crippen LogP contribution in [0.4, 0.5) is 0 Å². The molecule has 1 saturated carbocycles. The van der Waals surface area contributed by atoms with Crippen LogP contribution in [0.1, 0.15) is 32.1 Å². The molecule has 3 rings (SSSR count). The van der Waals surface area contributed by atoms with Gasteiger partial charge in [0.1, 0.15) is 6.04 Å². The van der Waals surface area contributed by atoms with Gasteiger partial charge in [-0.05, 0) is 38.0 Å². The standard InChI is InChI=1S/C15H21N3O2/c16-8-13-2-1-5-18(13)14(20)9-17-15(10-19)4-3-11-6-12(11)7-15/h3,12-13,17,19H,1-2,4-7,9-10H2/t12?,13-,15?/m0/s1. The molecule has 2 aliphatic carbocycles. The summed E-state index contributed by atoms with van der Waals surface area (Å²) in [5.41, 5.74) is 1.16. The van der Waals surface area contributed by atoms with Gasteiger partial charge in [0, 0.05) is 12.1 Å². The van der Waals surface area contributed by atoms with E-state index in [1.54, 1.807) is 4.90 Å². The van der Waals surface area contributed by atoms with Gasteiger partial charge in [-0.1, -0.05) is 11.6 Å². The summed E-state index contributed by atoms with van der Waals surface area (Å²) >= 11 is 0. The first-order valence-corrected chi connectivity index (χ1v) is 7.41. The molecule has 1 saturated heterocycles. The van der Waals surface area contributed by atoms with Gasteiger partial charge in [0.15, 0.2) is 0 Å². The second-order valence-corrected chi connectivity index (χ2v) is 6.25. The molecule has 3 atom stereocenters. The van der Waals surface area contributed by atoms with Crippen LogP contribution >= 0.6 is 0 Å². The molecule has 5 nitrogen and oxygen atoms in total. The molecular formula is C15H21N3O2. The van der Waals surface area contributed by atoms with Crippen molar-refractivity contribution in [1.82, 2.24) is 10.2 Å². The van der Waals surface area contributed by atoms with Crippen LogP contribution in [0, 0.1) is 17.2 Å². The Morgan fingerprint density at radius 2 is 2.50 bits per heavy atom. The van der Waals surface area contributed by atoms with Crippen LogP contribution in [0.3, 0.4) is 0 Å². The van der Waals surface area contributed by atoms with Crippen LogP contribution in [0.25, 0.3) is 0 Å². The summed E-state index contributed by atoms with van der Waals surface area (Å²) < 4.78 is 0. The van der Waals surface area contributed by atoms with Gasteiger partial charge in [0.05, 0.1) is 19.2 Å². The Hall–Kier alpha value is -1.38. The smallest absolute Gasteiger partial charge is 0.237 e. The van der Waals surface area contributed by atoms with E-state index in [0.717, 1.165) is 32.1 Å². The van der Waals surface area contributed by atoms with Gasteiger partial charge in [-0.2, -0.15) is 5.26 Å². The molecule has 1 heterocycles. The van der Waals surface area contributed by atoms with E-state index in [1.807, 2.05) is 0 Å². The number of carbonyl (C=O) groups excluding carboxylic acids is 1. The highest BCUT2D eigenvalue weighted by molar-refractivity contribution is 5.79. The van der Waals surface area contributed by atoms with Crippen LogP contribution in [0.2, 0.25) is 0 Å². The lowest BCUT2D eigenvalue weighted by Crippen LogP contribution is -2.53. The van der Waals surface area contributed by atoms with E-state index >= 15 is 0 Å². The van der Waals surface area contributed by atoms with Crippen LogP contribution < -0.4 is 5.32 Å². The molecule has 0 aromatic rings. The van der Waals surface area contributed by atoms with E-state index in [-0.39, 0.29) is 30.6 Å². The monoisotopic (exact) mass is 275 g/mol. The van der Waals surface area contributed by atoms with Gasteiger partial charge in [-0.25, -0.2) is 0 Å². The predicted molar refractivity (Wildman–Crippen MR) is 73.6 cm³/mol. The van der Waals surface area contributed by atoms with E-state index < -0.39 is 0 Å². The molecule has 0 aromatic heterocycles. The Labute approximate surface area is 119 Å². The summed E-state index contributed by atoms with van der Waals surface area (Å²) in [5.74, 6) is 0.588. The molecule has 0 aromatic carbocycles. The molecule has 0 bridgehead atoms. The third-order valence-electron chi connectivity index (χ3n) is 4.88. The minimum Gasteiger partial charge on any atom is -0.394 e. The van der Waals surface area contributed by atoms with Gasteiger partial charge in [0.2, 0.25) is 5.91 Å². The normalized spacial score (nSPS) is 35.2. The van der Waals surface area contributed by atoms with Crippen LogP contribution in [0.5, 0.6) is 0 Å². The van der Waals surface area contributed by atoms with Gasteiger partial charge < -0.3 is 15.3 Å². The van der Waals surface area contributed by atoms with Gasteiger partial charge in [0.25, 0.3) is 0 Å². The van der Waals surface area contributed by atoms with Crippen molar-refractivity contribution in [3.63, 3.8) is 0 Å². The minimum atomic E-state index is -0.345. The average Bonchev–Trinajstić information content (AvgIpc) is 3.08. The van der Waals surface area contributed by atoms with Crippen molar-refractivity contribution in [2.75, 3.05) is 19.7 Å². The number of carbonyl (C=O) groups is 1. The van der Waals surface area contributed by atoms with Crippen molar-refractivity contribution in [3.05, 3.63) is 11.6 Å². The minimum absolute atomic E-state index is 0.0209. The highest BCUT2D eigenvalue weighted by Gasteiger charge is 2.43. The van der Waals surface area contributed by atoms with Crippen LogP contribution in [-0.2, 0) is 4.79 Å². The van der Waals surface area contributed by atoms with Crippen molar-refractivity contribution >= 4 is 5.91 Å². The number of hydrogen-bond acceptors (Lipinski definition) is 4. The molecule has 108 valence electrons. The number of likely N-dealkylation sites (tertiary alicyclic amines) is 1. The summed E-state index contributed by atoms with van der Waals surface area (Å²) in [6.45, 7) is 0.953. The van der Waals surface area contributed by atoms with E-state index in [0.29, 0.717) is 12.5 Å². The SMILES string of the molecule is N#C[C@@H]1CCCN1C(=O)CNC1(CO)CC=C2CC2C1. The van der Waals surface area contributed by atoms with Crippen molar-refractivity contribution in [3.8, 4) is 6.07 Å². The van der Waals surface area contributed by atoms with Crippen molar-refractivity contribution < 1.29 is 9.90 Å². The maximum atomic E-state index is 12.2. The number of fused-ring (bicyclic) bond motifs is 1. The fourth-order valence-corrected chi connectivity index (χ4v) is 3.45. The van der Waals surface area contributed by atoms with Gasteiger partial charge >= 0.3 is 0 Å². The summed E-state index contributed by atoms with van der Waals surface area (Å²) in [7, 11) is 0. The topological polar surface area (TPSA) is 76.4 Å². The zero-order valence-corrected chi connectivity index (χ0v) is 11.6. The Morgan fingerprint density at radius 1 is 1.65 bits per heavy atom. The molecule has 2 N–H and O–H groups in total. The second-order valence-electron chi connectivity index (χ2n) is 6.25. The zero-order chi connectivity index (χ0) is 14.2. The van der Waals surface area contributed by atoms with E-state index in [2.05, 4.69) is 17.5 Å². The van der Waals surface area contributed by atoms with Crippen molar-refractivity contribution in [2.24, 2.45) is 5.92 Å². The van der Waals surface area contributed by atoms with Crippen LogP contribution in [-0.4, -0.2) is 47.2 Å². The molecule has 5 heteroatoms. The average molecular weight is 275 g/mol. The van der Waals surface area contributed by atoms with E-state index in [9.17, 15) is 9.90 Å². The molecule has 0 radical (unpaired) electrons. The fourth-order valence-electron chi connectivity index (χ4n) is 3.45. The Morgan fingerprint density at radius 3 is 3.20 bits per heavy atom. The molecule has 20 heavy (non-hydrogen) atoms. The Kier molecular flexibility index (Phi) is 3.53. The quantitative estimate of drug-likeness (QED) is 0.735. The van der Waals surface area contributed by atoms with E-state index in [1.165, 1.54) is 5.57 Å². The van der Waals surface area contributed by atoms with Gasteiger partial charge in [-0.15, -0.1) is 0 Å². The lowest BCUT2D eigenvalue weighted by atomic mass is 9.86. The Bertz CT molecular complexity index is 482. The zero-order valence-electron chi connectivity index (χ0n) is 11.6. The van der Waals surface area contributed by atoms with Crippen LogP contribution in [0.15, 0.2) is 11.6 Å². The number of amides is 1. The molecule has 1 amide bonds. The maximum absolute atomic E-state index is 12.2. The third-order valence-corrected chi connectivity index (χ3v) is 4.88. The first kappa shape index (κ1) is 13.6. The molecule has 0 spiro atoms. The number of nitriles is 1. The lowest BCUT2D eigenvalue weighted by Gasteiger charge is -2.34. The van der Waals surface area contributed by atoms with Crippen molar-refractivity contribution in [2.45, 2.75) is 43.7 Å². The number of nitrogens with one attached hydrogen (secondary N) is 1. The number of allylic oxidation sites excluding steroid dienone is 1. The number of aliphatic hydroxyl groups is 1. The molecule has 2 unspecified atom stereocenters. The summed E-state index contributed by atoms with van der Waals surface area (Å²) in [6, 6.07) is 1.92. The second kappa shape index (κ2) is 5.19. The van der Waals surface area contributed by atoms with Crippen molar-refractivity contribution in [1.29, 1.82) is 5.26 Å². The van der Waals surface area contributed by atoms with Gasteiger partial charge in [-0.3, -0.25) is 4.79 Å². The summed E-state index contributed by atoms with van der Waals surface area (Å²) in [5, 5.41) is 22.0. The van der Waals surface area contributed by atoms with E-state index in [4.69, 9.17) is 5.26 Å². The highest BCUT2D eigenvalue weighted by atomic mass is 16.3. The fraction of sp³-hybridized carbons (Fsp3) is 0.733. The Balaban J connectivity index is 1.57. The lowest BCUT2D eigenvalue weighted by molar-refractivity contribution is -0.130. The maximum Gasteiger partial charge on any atom is 0.237 e. The largest absolute Gasteiger partial charge is 0.394 e. The first-order valence-electron chi connectivity index (χ1n) is 7.41. The third kappa shape index (κ3) is 2.46. The summed E-state index contributed by atoms with van der Waals surface area (Å²) in [4.78, 5) is 13.9. The molecule has 3 aliphatic rings. The molecule has 1 aliphatic heterocycles. The number of nitrogens with zero attached hydrogens (tertiary/aromatic N) is 2. The number of hydrogen-bond donors (Lipinski definition) is 2. The molecule has 2 fully saturated rings. The number of aliphatic hydroxyl groups excluding tert-OH is 1. The summed E-state index contributed by atoms with van der Waals surface area (Å²) in [6.07, 6.45) is 6.76.